The molecular weight excluding hydrogens is 270 g/mol. The summed E-state index contributed by atoms with van der Waals surface area (Å²) in [5.41, 5.74) is -0.844. The summed E-state index contributed by atoms with van der Waals surface area (Å²) >= 11 is 0. The first-order valence-electron chi connectivity index (χ1n) is 6.18. The number of aliphatic carboxylic acids is 1. The van der Waals surface area contributed by atoms with Crippen LogP contribution in [0.3, 0.4) is 0 Å². The largest absolute Gasteiger partial charge is 0.479 e. The second-order valence-electron chi connectivity index (χ2n) is 4.93. The molecule has 0 rings (SSSR count). The van der Waals surface area contributed by atoms with Crippen molar-refractivity contribution in [2.24, 2.45) is 5.41 Å². The van der Waals surface area contributed by atoms with Gasteiger partial charge in [-0.2, -0.15) is 0 Å². The standard InChI is InChI=1S/C9H19NO4.C3H6O3/c1-9(2,6-12)7(13)8(14)10-4-3-5-11;1-2(4)3(5)6/h7,11-13H,3-6H2,1-2H3,(H,10,14);2,4H,1H3,(H,5,6)/t7-;/m1./s1. The molecule has 0 heterocycles. The fourth-order valence-electron chi connectivity index (χ4n) is 0.829. The lowest BCUT2D eigenvalue weighted by atomic mass is 9.87. The van der Waals surface area contributed by atoms with E-state index in [0.717, 1.165) is 0 Å². The van der Waals surface area contributed by atoms with E-state index in [2.05, 4.69) is 5.32 Å². The zero-order chi connectivity index (χ0) is 16.3. The van der Waals surface area contributed by atoms with Gasteiger partial charge in [-0.15, -0.1) is 0 Å². The van der Waals surface area contributed by atoms with Gasteiger partial charge in [0.15, 0.2) is 0 Å². The second kappa shape index (κ2) is 10.6. The number of hydrogen-bond acceptors (Lipinski definition) is 6. The molecule has 0 aliphatic carbocycles. The average Bonchev–Trinajstić information content (AvgIpc) is 2.38. The van der Waals surface area contributed by atoms with Crippen LogP contribution in [0.5, 0.6) is 0 Å². The zero-order valence-electron chi connectivity index (χ0n) is 12.0. The molecule has 0 aliphatic heterocycles. The van der Waals surface area contributed by atoms with Crippen LogP contribution in [0, 0.1) is 5.41 Å². The zero-order valence-corrected chi connectivity index (χ0v) is 12.0. The van der Waals surface area contributed by atoms with E-state index in [4.69, 9.17) is 20.4 Å². The Kier molecular flexibility index (Phi) is 11.1. The van der Waals surface area contributed by atoms with Gasteiger partial charge in [0.25, 0.3) is 0 Å². The Labute approximate surface area is 118 Å². The van der Waals surface area contributed by atoms with Crippen LogP contribution in [0.2, 0.25) is 0 Å². The van der Waals surface area contributed by atoms with Gasteiger partial charge in [-0.3, -0.25) is 4.79 Å². The summed E-state index contributed by atoms with van der Waals surface area (Å²) in [7, 11) is 0. The van der Waals surface area contributed by atoms with Gasteiger partial charge >= 0.3 is 5.97 Å². The highest BCUT2D eigenvalue weighted by molar-refractivity contribution is 5.81. The van der Waals surface area contributed by atoms with Crippen LogP contribution in [-0.2, 0) is 9.59 Å². The summed E-state index contributed by atoms with van der Waals surface area (Å²) in [4.78, 5) is 20.7. The fourth-order valence-corrected chi connectivity index (χ4v) is 0.829. The molecule has 0 bridgehead atoms. The Morgan fingerprint density at radius 2 is 1.65 bits per heavy atom. The minimum Gasteiger partial charge on any atom is -0.479 e. The van der Waals surface area contributed by atoms with Crippen LogP contribution in [0.25, 0.3) is 0 Å². The van der Waals surface area contributed by atoms with Crippen LogP contribution >= 0.6 is 0 Å². The van der Waals surface area contributed by atoms with Crippen molar-refractivity contribution in [3.05, 3.63) is 0 Å². The van der Waals surface area contributed by atoms with Crippen molar-refractivity contribution in [2.45, 2.75) is 39.4 Å². The Morgan fingerprint density at radius 3 is 1.95 bits per heavy atom. The average molecular weight is 295 g/mol. The highest BCUT2D eigenvalue weighted by atomic mass is 16.4. The van der Waals surface area contributed by atoms with Crippen molar-refractivity contribution in [3.63, 3.8) is 0 Å². The van der Waals surface area contributed by atoms with Gasteiger partial charge in [0.05, 0.1) is 6.61 Å². The lowest BCUT2D eigenvalue weighted by Crippen LogP contribution is -2.45. The number of aliphatic hydroxyl groups is 4. The van der Waals surface area contributed by atoms with Crippen molar-refractivity contribution in [2.75, 3.05) is 19.8 Å². The van der Waals surface area contributed by atoms with Gasteiger partial charge in [-0.05, 0) is 13.3 Å². The van der Waals surface area contributed by atoms with Crippen molar-refractivity contribution < 1.29 is 35.1 Å². The lowest BCUT2D eigenvalue weighted by Gasteiger charge is -2.27. The van der Waals surface area contributed by atoms with Crippen LogP contribution < -0.4 is 5.32 Å². The smallest absolute Gasteiger partial charge is 0.332 e. The van der Waals surface area contributed by atoms with Crippen LogP contribution in [-0.4, -0.2) is 69.4 Å². The molecule has 0 aromatic heterocycles. The number of aliphatic hydroxyl groups excluding tert-OH is 4. The first kappa shape index (κ1) is 21.1. The number of nitrogens with one attached hydrogen (secondary N) is 1. The molecule has 0 aliphatic rings. The molecule has 0 saturated carbocycles. The van der Waals surface area contributed by atoms with Crippen LogP contribution in [0.1, 0.15) is 27.2 Å². The van der Waals surface area contributed by atoms with Crippen molar-refractivity contribution in [1.82, 2.24) is 5.32 Å². The van der Waals surface area contributed by atoms with E-state index in [0.29, 0.717) is 13.0 Å². The number of hydrogen-bond donors (Lipinski definition) is 6. The second-order valence-corrected chi connectivity index (χ2v) is 4.93. The molecule has 120 valence electrons. The third kappa shape index (κ3) is 9.68. The van der Waals surface area contributed by atoms with Gasteiger partial charge in [-0.25, -0.2) is 4.79 Å². The number of carboxylic acids is 1. The van der Waals surface area contributed by atoms with E-state index >= 15 is 0 Å². The molecule has 0 aromatic carbocycles. The van der Waals surface area contributed by atoms with Crippen molar-refractivity contribution in [1.29, 1.82) is 0 Å². The van der Waals surface area contributed by atoms with E-state index in [9.17, 15) is 14.7 Å². The van der Waals surface area contributed by atoms with Gasteiger partial charge in [0, 0.05) is 18.6 Å². The minimum absolute atomic E-state index is 0.000230. The minimum atomic E-state index is -1.23. The Morgan fingerprint density at radius 1 is 1.20 bits per heavy atom. The summed E-state index contributed by atoms with van der Waals surface area (Å²) in [6.07, 6.45) is -2.01. The molecule has 0 aromatic rings. The van der Waals surface area contributed by atoms with E-state index in [-0.39, 0.29) is 13.2 Å². The highest BCUT2D eigenvalue weighted by Crippen LogP contribution is 2.19. The van der Waals surface area contributed by atoms with Crippen LogP contribution in [0.15, 0.2) is 0 Å². The summed E-state index contributed by atoms with van der Waals surface area (Å²) in [6, 6.07) is 0. The van der Waals surface area contributed by atoms with E-state index < -0.39 is 29.5 Å². The number of amides is 1. The predicted molar refractivity (Wildman–Crippen MR) is 70.9 cm³/mol. The maximum Gasteiger partial charge on any atom is 0.332 e. The van der Waals surface area contributed by atoms with E-state index in [1.807, 2.05) is 0 Å². The predicted octanol–water partition coefficient (Wildman–Crippen LogP) is -1.68. The van der Waals surface area contributed by atoms with E-state index in [1.165, 1.54) is 6.92 Å². The monoisotopic (exact) mass is 295 g/mol. The quantitative estimate of drug-likeness (QED) is 0.307. The molecule has 1 unspecified atom stereocenters. The third-order valence-electron chi connectivity index (χ3n) is 2.39. The molecule has 1 amide bonds. The highest BCUT2D eigenvalue weighted by Gasteiger charge is 2.32. The van der Waals surface area contributed by atoms with Gasteiger partial charge in [0.2, 0.25) is 5.91 Å². The van der Waals surface area contributed by atoms with E-state index in [1.54, 1.807) is 13.8 Å². The van der Waals surface area contributed by atoms with Gasteiger partial charge < -0.3 is 30.8 Å². The first-order chi connectivity index (χ1) is 9.10. The number of carbonyl (C=O) groups excluding carboxylic acids is 1. The molecule has 0 spiro atoms. The molecular formula is C12H25NO7. The molecule has 0 radical (unpaired) electrons. The number of rotatable bonds is 7. The molecule has 0 saturated heterocycles. The Bertz CT molecular complexity index is 292. The fraction of sp³-hybridized carbons (Fsp3) is 0.833. The van der Waals surface area contributed by atoms with Crippen LogP contribution in [0.4, 0.5) is 0 Å². The Balaban J connectivity index is 0. The molecule has 20 heavy (non-hydrogen) atoms. The molecule has 8 heteroatoms. The first-order valence-corrected chi connectivity index (χ1v) is 6.18. The van der Waals surface area contributed by atoms with Crippen molar-refractivity contribution >= 4 is 11.9 Å². The van der Waals surface area contributed by atoms with Gasteiger partial charge in [0.1, 0.15) is 12.2 Å². The third-order valence-corrected chi connectivity index (χ3v) is 2.39. The SMILES string of the molecule is CC(C)(CO)[C@H](O)C(=O)NCCCO.CC(O)C(=O)O. The summed E-state index contributed by atoms with van der Waals surface area (Å²) < 4.78 is 0. The molecule has 6 N–H and O–H groups in total. The lowest BCUT2D eigenvalue weighted by molar-refractivity contribution is -0.145. The number of carbonyl (C=O) groups is 2. The molecule has 8 nitrogen and oxygen atoms in total. The summed E-state index contributed by atoms with van der Waals surface area (Å²) in [5, 5.41) is 45.1. The summed E-state index contributed by atoms with van der Waals surface area (Å²) in [5.74, 6) is -1.70. The van der Waals surface area contributed by atoms with Crippen molar-refractivity contribution in [3.8, 4) is 0 Å². The Hall–Kier alpha value is -1.22. The maximum atomic E-state index is 11.3. The summed E-state index contributed by atoms with van der Waals surface area (Å²) in [6.45, 7) is 4.46. The topological polar surface area (TPSA) is 147 Å². The molecule has 2 atom stereocenters. The molecule has 0 fully saturated rings. The van der Waals surface area contributed by atoms with Gasteiger partial charge in [-0.1, -0.05) is 13.8 Å². The number of carboxylic acid groups (broad SMARTS) is 1. The normalized spacial score (nSPS) is 13.8. The maximum absolute atomic E-state index is 11.3.